The monoisotopic (exact) mass is 590 g/mol. The number of likely N-dealkylation sites (N-methyl/N-ethyl adjacent to an activating group) is 1. The number of phosphoric ester groups is 1. The smallest absolute Gasteiger partial charge is 0.462 e. The van der Waals surface area contributed by atoms with Gasteiger partial charge in [-0.2, -0.15) is 0 Å². The van der Waals surface area contributed by atoms with Crippen molar-refractivity contribution in [2.24, 2.45) is 0 Å². The number of carbonyl (C=O) groups is 2. The molecule has 0 rings (SSSR count). The van der Waals surface area contributed by atoms with Gasteiger partial charge in [0.05, 0.1) is 27.7 Å². The normalized spacial score (nSPS) is 14.1. The number of hydrogen-bond acceptors (Lipinski definition) is 7. The van der Waals surface area contributed by atoms with E-state index in [0.29, 0.717) is 17.4 Å². The van der Waals surface area contributed by atoms with Gasteiger partial charge < -0.3 is 18.9 Å². The van der Waals surface area contributed by atoms with Crippen LogP contribution in [0.5, 0.6) is 0 Å². The van der Waals surface area contributed by atoms with Crippen molar-refractivity contribution in [3.05, 3.63) is 24.8 Å². The standard InChI is InChI=1S/C30H56NO8P/c1-6-8-10-12-14-15-16-17-19-21-23-30(33)39-28(26-36-29(32)22-20-18-13-11-9-7-2)27-38-40(34,35)37-25-24-31(3,4)5/h6,10,12,28H,1,7-9,11,13-27H2,2-5H3/p+1/b12-10-/t28-/m1/s1. The summed E-state index contributed by atoms with van der Waals surface area (Å²) in [5, 5.41) is 0. The lowest BCUT2D eigenvalue weighted by Crippen LogP contribution is -2.37. The van der Waals surface area contributed by atoms with E-state index in [1.54, 1.807) is 0 Å². The van der Waals surface area contributed by atoms with Gasteiger partial charge in [-0.05, 0) is 32.1 Å². The molecule has 0 fully saturated rings. The first-order chi connectivity index (χ1) is 19.0. The SMILES string of the molecule is C=CC/C=C\CCCCCCCC(=O)O[C@H](COC(=O)CCCCCCCC)COP(=O)(O)OCC[N+](C)(C)C. The summed E-state index contributed by atoms with van der Waals surface area (Å²) in [5.74, 6) is -0.839. The summed E-state index contributed by atoms with van der Waals surface area (Å²) >= 11 is 0. The predicted octanol–water partition coefficient (Wildman–Crippen LogP) is 6.89. The lowest BCUT2D eigenvalue weighted by molar-refractivity contribution is -0.870. The number of esters is 2. The Morgan fingerprint density at radius 1 is 0.850 bits per heavy atom. The zero-order valence-corrected chi connectivity index (χ0v) is 26.5. The molecule has 1 N–H and O–H groups in total. The first-order valence-corrected chi connectivity index (χ1v) is 16.5. The topological polar surface area (TPSA) is 108 Å². The second-order valence-electron chi connectivity index (χ2n) is 11.2. The van der Waals surface area contributed by atoms with Crippen LogP contribution in [0.15, 0.2) is 24.8 Å². The molecule has 0 aliphatic carbocycles. The third-order valence-corrected chi connectivity index (χ3v) is 7.11. The third kappa shape index (κ3) is 26.7. The van der Waals surface area contributed by atoms with E-state index in [1.165, 1.54) is 12.8 Å². The molecule has 0 amide bonds. The molecule has 0 aliphatic heterocycles. The lowest BCUT2D eigenvalue weighted by atomic mass is 10.1. The van der Waals surface area contributed by atoms with E-state index >= 15 is 0 Å². The van der Waals surface area contributed by atoms with E-state index < -0.39 is 26.5 Å². The number of phosphoric acid groups is 1. The maximum Gasteiger partial charge on any atom is 0.472 e. The van der Waals surface area contributed by atoms with Gasteiger partial charge in [0.25, 0.3) is 0 Å². The van der Waals surface area contributed by atoms with Crippen molar-refractivity contribution >= 4 is 19.8 Å². The minimum absolute atomic E-state index is 0.0279. The van der Waals surface area contributed by atoms with Gasteiger partial charge in [0, 0.05) is 12.8 Å². The molecule has 2 atom stereocenters. The Bertz CT molecular complexity index is 750. The molecule has 0 saturated carbocycles. The van der Waals surface area contributed by atoms with Crippen molar-refractivity contribution in [3.8, 4) is 0 Å². The molecule has 0 aromatic rings. The third-order valence-electron chi connectivity index (χ3n) is 6.12. The Balaban J connectivity index is 4.57. The van der Waals surface area contributed by atoms with E-state index in [1.807, 2.05) is 27.2 Å². The summed E-state index contributed by atoms with van der Waals surface area (Å²) in [6, 6.07) is 0. The molecule has 234 valence electrons. The molecule has 40 heavy (non-hydrogen) atoms. The van der Waals surface area contributed by atoms with Crippen LogP contribution in [0, 0.1) is 0 Å². The van der Waals surface area contributed by atoms with Crippen molar-refractivity contribution < 1.29 is 42.1 Å². The van der Waals surface area contributed by atoms with Crippen LogP contribution in [0.4, 0.5) is 0 Å². The highest BCUT2D eigenvalue weighted by Crippen LogP contribution is 2.43. The number of rotatable bonds is 27. The van der Waals surface area contributed by atoms with Gasteiger partial charge in [-0.15, -0.1) is 6.58 Å². The van der Waals surface area contributed by atoms with E-state index in [2.05, 4.69) is 25.7 Å². The average Bonchev–Trinajstić information content (AvgIpc) is 2.88. The van der Waals surface area contributed by atoms with Gasteiger partial charge in [0.15, 0.2) is 6.10 Å². The van der Waals surface area contributed by atoms with Crippen LogP contribution < -0.4 is 0 Å². The number of unbranched alkanes of at least 4 members (excludes halogenated alkanes) is 10. The fourth-order valence-corrected chi connectivity index (χ4v) is 4.43. The number of ether oxygens (including phenoxy) is 2. The van der Waals surface area contributed by atoms with Crippen molar-refractivity contribution in [2.45, 2.75) is 109 Å². The van der Waals surface area contributed by atoms with Crippen molar-refractivity contribution in [2.75, 3.05) is 47.5 Å². The number of hydrogen-bond donors (Lipinski definition) is 1. The highest BCUT2D eigenvalue weighted by atomic mass is 31.2. The zero-order valence-electron chi connectivity index (χ0n) is 25.7. The summed E-state index contributed by atoms with van der Waals surface area (Å²) in [4.78, 5) is 34.7. The molecule has 0 aromatic carbocycles. The molecule has 1 unspecified atom stereocenters. The fourth-order valence-electron chi connectivity index (χ4n) is 3.69. The Morgan fingerprint density at radius 2 is 1.45 bits per heavy atom. The van der Waals surface area contributed by atoms with Crippen LogP contribution in [-0.4, -0.2) is 74.9 Å². The van der Waals surface area contributed by atoms with Gasteiger partial charge in [0.2, 0.25) is 0 Å². The molecular formula is C30H57NO8P+. The second-order valence-corrected chi connectivity index (χ2v) is 12.7. The van der Waals surface area contributed by atoms with E-state index in [0.717, 1.165) is 64.2 Å². The molecule has 0 aromatic heterocycles. The lowest BCUT2D eigenvalue weighted by Gasteiger charge is -2.24. The minimum Gasteiger partial charge on any atom is -0.462 e. The zero-order chi connectivity index (χ0) is 30.1. The molecule has 0 heterocycles. The minimum atomic E-state index is -4.35. The summed E-state index contributed by atoms with van der Waals surface area (Å²) in [6.45, 7) is 5.74. The Kier molecular flexibility index (Phi) is 23.2. The molecule has 9 nitrogen and oxygen atoms in total. The first kappa shape index (κ1) is 38.5. The average molecular weight is 591 g/mol. The van der Waals surface area contributed by atoms with Crippen LogP contribution in [-0.2, 0) is 32.7 Å². The van der Waals surface area contributed by atoms with Gasteiger partial charge in [-0.3, -0.25) is 18.6 Å². The van der Waals surface area contributed by atoms with Crippen LogP contribution >= 0.6 is 7.82 Å². The molecule has 0 aliphatic rings. The Morgan fingerprint density at radius 3 is 2.08 bits per heavy atom. The quantitative estimate of drug-likeness (QED) is 0.0362. The van der Waals surface area contributed by atoms with E-state index in [4.69, 9.17) is 18.5 Å². The number of quaternary nitrogens is 1. The molecular weight excluding hydrogens is 533 g/mol. The number of carbonyl (C=O) groups excluding carboxylic acids is 2. The summed E-state index contributed by atoms with van der Waals surface area (Å²) in [5.41, 5.74) is 0. The van der Waals surface area contributed by atoms with Gasteiger partial charge in [0.1, 0.15) is 19.8 Å². The highest BCUT2D eigenvalue weighted by Gasteiger charge is 2.27. The second kappa shape index (κ2) is 24.1. The number of nitrogens with zero attached hydrogens (tertiary/aromatic N) is 1. The largest absolute Gasteiger partial charge is 0.472 e. The van der Waals surface area contributed by atoms with Crippen molar-refractivity contribution in [3.63, 3.8) is 0 Å². The van der Waals surface area contributed by atoms with Gasteiger partial charge in [-0.25, -0.2) is 4.57 Å². The molecule has 10 heteroatoms. The maximum absolute atomic E-state index is 12.4. The highest BCUT2D eigenvalue weighted by molar-refractivity contribution is 7.47. The van der Waals surface area contributed by atoms with Gasteiger partial charge in [-0.1, -0.05) is 76.5 Å². The summed E-state index contributed by atoms with van der Waals surface area (Å²) in [7, 11) is 1.45. The number of allylic oxidation sites excluding steroid dienone is 3. The van der Waals surface area contributed by atoms with Crippen molar-refractivity contribution in [1.29, 1.82) is 0 Å². The van der Waals surface area contributed by atoms with Crippen LogP contribution in [0.3, 0.4) is 0 Å². The first-order valence-electron chi connectivity index (χ1n) is 15.0. The molecule has 0 spiro atoms. The summed E-state index contributed by atoms with van der Waals surface area (Å²) in [6.07, 6.45) is 18.7. The van der Waals surface area contributed by atoms with E-state index in [-0.39, 0.29) is 32.0 Å². The van der Waals surface area contributed by atoms with Crippen LogP contribution in [0.25, 0.3) is 0 Å². The van der Waals surface area contributed by atoms with Crippen LogP contribution in [0.1, 0.15) is 103 Å². The predicted molar refractivity (Wildman–Crippen MR) is 160 cm³/mol. The molecule has 0 radical (unpaired) electrons. The Hall–Kier alpha value is -1.51. The molecule has 0 bridgehead atoms. The van der Waals surface area contributed by atoms with Crippen LogP contribution in [0.2, 0.25) is 0 Å². The Labute approximate surface area is 243 Å². The maximum atomic E-state index is 12.4. The summed E-state index contributed by atoms with van der Waals surface area (Å²) < 4.78 is 33.7. The fraction of sp³-hybridized carbons (Fsp3) is 0.800. The van der Waals surface area contributed by atoms with Gasteiger partial charge >= 0.3 is 19.8 Å². The van der Waals surface area contributed by atoms with Crippen molar-refractivity contribution in [1.82, 2.24) is 0 Å². The van der Waals surface area contributed by atoms with E-state index in [9.17, 15) is 19.0 Å². The molecule has 0 saturated heterocycles.